The number of nitrogens with zero attached hydrogens (tertiary/aromatic N) is 1. The second kappa shape index (κ2) is 4.67. The highest BCUT2D eigenvalue weighted by Crippen LogP contribution is 2.20. The van der Waals surface area contributed by atoms with Gasteiger partial charge in [-0.15, -0.1) is 0 Å². The summed E-state index contributed by atoms with van der Waals surface area (Å²) >= 11 is 0. The Balaban J connectivity index is 2.90. The van der Waals surface area contributed by atoms with Crippen LogP contribution in [0, 0.1) is 15.9 Å². The van der Waals surface area contributed by atoms with Crippen molar-refractivity contribution in [1.29, 1.82) is 0 Å². The average Bonchev–Trinajstić information content (AvgIpc) is 2.16. The molecule has 1 rings (SSSR count). The molecule has 7 heteroatoms. The molecule has 1 amide bonds. The van der Waals surface area contributed by atoms with Gasteiger partial charge in [0.2, 0.25) is 11.7 Å². The predicted octanol–water partition coefficient (Wildman–Crippen LogP) is 1.02. The second-order valence-electron chi connectivity index (χ2n) is 3.20. The van der Waals surface area contributed by atoms with E-state index in [0.717, 1.165) is 12.1 Å². The van der Waals surface area contributed by atoms with Crippen molar-refractivity contribution in [2.75, 3.05) is 5.32 Å². The first-order chi connectivity index (χ1) is 7.41. The number of nitrogens with one attached hydrogen (secondary N) is 1. The van der Waals surface area contributed by atoms with Gasteiger partial charge in [0.1, 0.15) is 0 Å². The third-order valence-electron chi connectivity index (χ3n) is 1.83. The zero-order valence-electron chi connectivity index (χ0n) is 8.44. The molecule has 0 radical (unpaired) electrons. The third kappa shape index (κ3) is 2.74. The van der Waals surface area contributed by atoms with Crippen molar-refractivity contribution in [2.24, 2.45) is 5.73 Å². The van der Waals surface area contributed by atoms with Gasteiger partial charge in [0.15, 0.2) is 0 Å². The largest absolute Gasteiger partial charge is 0.325 e. The molecule has 1 aromatic carbocycles. The molecule has 3 N–H and O–H groups in total. The Labute approximate surface area is 90.4 Å². The van der Waals surface area contributed by atoms with E-state index in [1.54, 1.807) is 0 Å². The molecule has 16 heavy (non-hydrogen) atoms. The smallest absolute Gasteiger partial charge is 0.304 e. The van der Waals surface area contributed by atoms with Crippen LogP contribution in [0.25, 0.3) is 0 Å². The lowest BCUT2D eigenvalue weighted by molar-refractivity contribution is -0.387. The molecule has 0 saturated carbocycles. The van der Waals surface area contributed by atoms with Gasteiger partial charge in [0.05, 0.1) is 11.0 Å². The van der Waals surface area contributed by atoms with Crippen LogP contribution in [0.3, 0.4) is 0 Å². The standard InChI is InChI=1S/C9H10FN3O3/c1-5(11)9(14)12-6-2-3-8(13(15)16)7(10)4-6/h2-5H,11H2,1H3,(H,12,14)/t5-/m1/s1. The van der Waals surface area contributed by atoms with Crippen molar-refractivity contribution in [2.45, 2.75) is 13.0 Å². The highest BCUT2D eigenvalue weighted by Gasteiger charge is 2.15. The summed E-state index contributed by atoms with van der Waals surface area (Å²) in [5.74, 6) is -1.50. The first-order valence-electron chi connectivity index (χ1n) is 4.42. The number of nitro benzene ring substituents is 1. The van der Waals surface area contributed by atoms with Crippen LogP contribution in [0.2, 0.25) is 0 Å². The van der Waals surface area contributed by atoms with Crippen LogP contribution in [-0.2, 0) is 4.79 Å². The molecule has 0 saturated heterocycles. The molecule has 0 unspecified atom stereocenters. The minimum Gasteiger partial charge on any atom is -0.325 e. The maximum Gasteiger partial charge on any atom is 0.304 e. The Hall–Kier alpha value is -2.02. The Morgan fingerprint density at radius 1 is 1.62 bits per heavy atom. The summed E-state index contributed by atoms with van der Waals surface area (Å²) in [6, 6.07) is 2.35. The summed E-state index contributed by atoms with van der Waals surface area (Å²) in [6.07, 6.45) is 0. The Morgan fingerprint density at radius 3 is 2.69 bits per heavy atom. The maximum absolute atomic E-state index is 13.1. The van der Waals surface area contributed by atoms with Crippen LogP contribution in [0.5, 0.6) is 0 Å². The molecule has 1 aromatic rings. The van der Waals surface area contributed by atoms with Crippen LogP contribution >= 0.6 is 0 Å². The molecular formula is C9H10FN3O3. The van der Waals surface area contributed by atoms with Gasteiger partial charge in [-0.05, 0) is 13.0 Å². The van der Waals surface area contributed by atoms with Crippen molar-refractivity contribution >= 4 is 17.3 Å². The number of carbonyl (C=O) groups is 1. The lowest BCUT2D eigenvalue weighted by Gasteiger charge is -2.07. The normalized spacial score (nSPS) is 11.9. The summed E-state index contributed by atoms with van der Waals surface area (Å²) < 4.78 is 13.1. The van der Waals surface area contributed by atoms with E-state index < -0.39 is 28.4 Å². The van der Waals surface area contributed by atoms with E-state index >= 15 is 0 Å². The fourth-order valence-electron chi connectivity index (χ4n) is 0.989. The minimum atomic E-state index is -1.01. The summed E-state index contributed by atoms with van der Waals surface area (Å²) in [7, 11) is 0. The van der Waals surface area contributed by atoms with E-state index in [0.29, 0.717) is 0 Å². The first kappa shape index (κ1) is 12.1. The Kier molecular flexibility index (Phi) is 3.51. The van der Waals surface area contributed by atoms with Crippen LogP contribution in [-0.4, -0.2) is 16.9 Å². The van der Waals surface area contributed by atoms with Crippen LogP contribution < -0.4 is 11.1 Å². The molecule has 0 spiro atoms. The number of hydrogen-bond acceptors (Lipinski definition) is 4. The lowest BCUT2D eigenvalue weighted by atomic mass is 10.2. The predicted molar refractivity (Wildman–Crippen MR) is 55.3 cm³/mol. The fourth-order valence-corrected chi connectivity index (χ4v) is 0.989. The summed E-state index contributed by atoms with van der Waals surface area (Å²) in [4.78, 5) is 20.6. The number of benzene rings is 1. The van der Waals surface area contributed by atoms with Gasteiger partial charge in [0, 0.05) is 17.8 Å². The monoisotopic (exact) mass is 227 g/mol. The first-order valence-corrected chi connectivity index (χ1v) is 4.42. The number of rotatable bonds is 3. The highest BCUT2D eigenvalue weighted by molar-refractivity contribution is 5.94. The van der Waals surface area contributed by atoms with Crippen LogP contribution in [0.15, 0.2) is 18.2 Å². The average molecular weight is 227 g/mol. The number of halogens is 1. The number of amides is 1. The van der Waals surface area contributed by atoms with Crippen molar-refractivity contribution in [3.8, 4) is 0 Å². The minimum absolute atomic E-state index is 0.130. The number of anilines is 1. The molecule has 0 aromatic heterocycles. The van der Waals surface area contributed by atoms with Gasteiger partial charge in [-0.2, -0.15) is 4.39 Å². The van der Waals surface area contributed by atoms with Gasteiger partial charge in [0.25, 0.3) is 0 Å². The molecule has 0 aliphatic carbocycles. The van der Waals surface area contributed by atoms with E-state index in [2.05, 4.69) is 5.32 Å². The Bertz CT molecular complexity index is 434. The van der Waals surface area contributed by atoms with Crippen molar-refractivity contribution in [1.82, 2.24) is 0 Å². The van der Waals surface area contributed by atoms with E-state index in [1.807, 2.05) is 0 Å². The van der Waals surface area contributed by atoms with Crippen molar-refractivity contribution < 1.29 is 14.1 Å². The van der Waals surface area contributed by atoms with Crippen LogP contribution in [0.1, 0.15) is 6.92 Å². The van der Waals surface area contributed by atoms with E-state index in [-0.39, 0.29) is 5.69 Å². The maximum atomic E-state index is 13.1. The zero-order chi connectivity index (χ0) is 12.3. The quantitative estimate of drug-likeness (QED) is 0.594. The molecule has 0 bridgehead atoms. The summed E-state index contributed by atoms with van der Waals surface area (Å²) in [5.41, 5.74) is 4.78. The van der Waals surface area contributed by atoms with Gasteiger partial charge < -0.3 is 11.1 Å². The lowest BCUT2D eigenvalue weighted by Crippen LogP contribution is -2.32. The van der Waals surface area contributed by atoms with Gasteiger partial charge in [-0.3, -0.25) is 14.9 Å². The second-order valence-corrected chi connectivity index (χ2v) is 3.20. The van der Waals surface area contributed by atoms with Crippen LogP contribution in [0.4, 0.5) is 15.8 Å². The fraction of sp³-hybridized carbons (Fsp3) is 0.222. The highest BCUT2D eigenvalue weighted by atomic mass is 19.1. The third-order valence-corrected chi connectivity index (χ3v) is 1.83. The van der Waals surface area contributed by atoms with Gasteiger partial charge >= 0.3 is 5.69 Å². The Morgan fingerprint density at radius 2 is 2.25 bits per heavy atom. The summed E-state index contributed by atoms with van der Waals surface area (Å²) in [6.45, 7) is 1.47. The van der Waals surface area contributed by atoms with E-state index in [1.165, 1.54) is 13.0 Å². The number of nitro groups is 1. The molecule has 86 valence electrons. The molecular weight excluding hydrogens is 217 g/mol. The van der Waals surface area contributed by atoms with Crippen molar-refractivity contribution in [3.05, 3.63) is 34.1 Å². The summed E-state index contributed by atoms with van der Waals surface area (Å²) in [5, 5.41) is 12.6. The molecule has 0 heterocycles. The number of carbonyl (C=O) groups excluding carboxylic acids is 1. The molecule has 0 aliphatic heterocycles. The molecule has 6 nitrogen and oxygen atoms in total. The SMILES string of the molecule is C[C@@H](N)C(=O)Nc1ccc([N+](=O)[O-])c(F)c1. The van der Waals surface area contributed by atoms with E-state index in [4.69, 9.17) is 5.73 Å². The number of nitrogens with two attached hydrogens (primary N) is 1. The van der Waals surface area contributed by atoms with Crippen molar-refractivity contribution in [3.63, 3.8) is 0 Å². The molecule has 0 aliphatic rings. The van der Waals surface area contributed by atoms with Gasteiger partial charge in [-0.1, -0.05) is 0 Å². The topological polar surface area (TPSA) is 98.3 Å². The molecule has 1 atom stereocenters. The van der Waals surface area contributed by atoms with E-state index in [9.17, 15) is 19.3 Å². The molecule has 0 fully saturated rings. The number of hydrogen-bond donors (Lipinski definition) is 2. The van der Waals surface area contributed by atoms with Gasteiger partial charge in [-0.25, -0.2) is 0 Å². The zero-order valence-corrected chi connectivity index (χ0v) is 8.44.